The highest BCUT2D eigenvalue weighted by molar-refractivity contribution is 6.07. The lowest BCUT2D eigenvalue weighted by atomic mass is 9.72. The van der Waals surface area contributed by atoms with Crippen molar-refractivity contribution in [2.45, 2.75) is 43.9 Å². The topological polar surface area (TPSA) is 38.8 Å². The summed E-state index contributed by atoms with van der Waals surface area (Å²) in [4.78, 5) is 16.1. The molecule has 0 N–H and O–H groups in total. The van der Waals surface area contributed by atoms with Gasteiger partial charge in [0.25, 0.3) is 5.91 Å². The van der Waals surface area contributed by atoms with Gasteiger partial charge in [0, 0.05) is 11.5 Å². The van der Waals surface area contributed by atoms with E-state index in [1.54, 1.807) is 12.1 Å². The molecule has 1 spiro atoms. The normalized spacial score (nSPS) is 27.6. The summed E-state index contributed by atoms with van der Waals surface area (Å²) in [5.41, 5.74) is 1.76. The number of carbonyl (C=O) groups is 1. The van der Waals surface area contributed by atoms with Crippen LogP contribution in [0.15, 0.2) is 78.9 Å². The second kappa shape index (κ2) is 8.55. The summed E-state index contributed by atoms with van der Waals surface area (Å²) in [5, 5.41) is 0. The fraction of sp³-hybridized carbons (Fsp3) is 0.345. The van der Waals surface area contributed by atoms with Gasteiger partial charge >= 0.3 is 0 Å². The van der Waals surface area contributed by atoms with Crippen molar-refractivity contribution in [3.8, 4) is 5.75 Å². The predicted molar refractivity (Wildman–Crippen MR) is 128 cm³/mol. The van der Waals surface area contributed by atoms with Gasteiger partial charge in [-0.3, -0.25) is 4.79 Å². The van der Waals surface area contributed by atoms with Crippen molar-refractivity contribution in [1.29, 1.82) is 0 Å². The number of para-hydroxylation sites is 2. The van der Waals surface area contributed by atoms with Crippen molar-refractivity contribution in [3.05, 3.63) is 95.8 Å². The summed E-state index contributed by atoms with van der Waals surface area (Å²) >= 11 is 0. The molecule has 0 radical (unpaired) electrons. The number of halogens is 1. The number of rotatable bonds is 5. The minimum absolute atomic E-state index is 0.000615. The molecule has 1 amide bonds. The van der Waals surface area contributed by atoms with Gasteiger partial charge in [-0.25, -0.2) is 4.39 Å². The Morgan fingerprint density at radius 1 is 0.971 bits per heavy atom. The number of hydrogen-bond donors (Lipinski definition) is 0. The molecule has 2 fully saturated rings. The molecule has 1 saturated carbocycles. The molecule has 3 aromatic rings. The van der Waals surface area contributed by atoms with E-state index in [9.17, 15) is 9.18 Å². The number of fused-ring (bicyclic) bond motifs is 4. The smallest absolute Gasteiger partial charge is 0.264 e. The van der Waals surface area contributed by atoms with Crippen molar-refractivity contribution in [2.75, 3.05) is 11.5 Å². The van der Waals surface area contributed by atoms with Crippen LogP contribution in [-0.2, 0) is 21.7 Å². The van der Waals surface area contributed by atoms with Crippen molar-refractivity contribution >= 4 is 11.6 Å². The van der Waals surface area contributed by atoms with Gasteiger partial charge < -0.3 is 14.4 Å². The summed E-state index contributed by atoms with van der Waals surface area (Å²) in [6, 6.07) is 24.1. The summed E-state index contributed by atoms with van der Waals surface area (Å²) in [6.45, 7) is 0.812. The van der Waals surface area contributed by atoms with Gasteiger partial charge in [-0.15, -0.1) is 0 Å². The molecule has 1 saturated heterocycles. The minimum Gasteiger partial charge on any atom is -0.491 e. The van der Waals surface area contributed by atoms with Crippen LogP contribution < -0.4 is 9.64 Å². The average molecular weight is 458 g/mol. The minimum atomic E-state index is -0.985. The summed E-state index contributed by atoms with van der Waals surface area (Å²) in [5.74, 6) is 1.12. The van der Waals surface area contributed by atoms with Gasteiger partial charge in [0.05, 0.1) is 18.3 Å². The summed E-state index contributed by atoms with van der Waals surface area (Å²) in [7, 11) is 0. The number of anilines is 1. The molecule has 4 nitrogen and oxygen atoms in total. The average Bonchev–Trinajstić information content (AvgIpc) is 3.43. The van der Waals surface area contributed by atoms with Crippen molar-refractivity contribution in [3.63, 3.8) is 0 Å². The quantitative estimate of drug-likeness (QED) is 0.482. The van der Waals surface area contributed by atoms with E-state index in [2.05, 4.69) is 0 Å². The fourth-order valence-corrected chi connectivity index (χ4v) is 6.25. The van der Waals surface area contributed by atoms with Crippen molar-refractivity contribution in [1.82, 2.24) is 0 Å². The van der Waals surface area contributed by atoms with E-state index in [0.717, 1.165) is 48.2 Å². The van der Waals surface area contributed by atoms with Gasteiger partial charge in [-0.05, 0) is 61.1 Å². The van der Waals surface area contributed by atoms with Crippen LogP contribution in [0.4, 0.5) is 10.1 Å². The zero-order valence-electron chi connectivity index (χ0n) is 19.0. The summed E-state index contributed by atoms with van der Waals surface area (Å²) < 4.78 is 26.4. The Kier molecular flexibility index (Phi) is 5.37. The van der Waals surface area contributed by atoms with Crippen LogP contribution in [0.1, 0.15) is 36.8 Å². The molecule has 5 heteroatoms. The van der Waals surface area contributed by atoms with Crippen LogP contribution >= 0.6 is 0 Å². The summed E-state index contributed by atoms with van der Waals surface area (Å²) in [6.07, 6.45) is 3.96. The molecule has 0 aromatic heterocycles. The second-order valence-electron chi connectivity index (χ2n) is 9.67. The van der Waals surface area contributed by atoms with Crippen LogP contribution in [0.2, 0.25) is 0 Å². The van der Waals surface area contributed by atoms with Crippen LogP contribution in [0.25, 0.3) is 0 Å². The predicted octanol–water partition coefficient (Wildman–Crippen LogP) is 5.85. The third-order valence-corrected chi connectivity index (χ3v) is 7.69. The molecule has 2 heterocycles. The number of ether oxygens (including phenoxy) is 2. The van der Waals surface area contributed by atoms with E-state index < -0.39 is 5.60 Å². The molecule has 4 atom stereocenters. The number of hydrogen-bond acceptors (Lipinski definition) is 3. The molecule has 3 aliphatic rings. The van der Waals surface area contributed by atoms with E-state index in [1.165, 1.54) is 12.1 Å². The highest BCUT2D eigenvalue weighted by Crippen LogP contribution is 2.58. The van der Waals surface area contributed by atoms with E-state index >= 15 is 0 Å². The van der Waals surface area contributed by atoms with Crippen molar-refractivity contribution in [2.24, 2.45) is 11.8 Å². The molecule has 2 aliphatic heterocycles. The Hall–Kier alpha value is -3.18. The molecular formula is C29H28FNO3. The molecule has 34 heavy (non-hydrogen) atoms. The Morgan fingerprint density at radius 3 is 2.56 bits per heavy atom. The SMILES string of the molecule is O=C1N(Cc2ccc(F)cc2)c2ccccc2C12OC(COc1ccccc1)CC1CCCC12. The molecule has 3 aromatic carbocycles. The lowest BCUT2D eigenvalue weighted by Gasteiger charge is -2.45. The third-order valence-electron chi connectivity index (χ3n) is 7.69. The highest BCUT2D eigenvalue weighted by Gasteiger charge is 2.62. The molecule has 4 unspecified atom stereocenters. The second-order valence-corrected chi connectivity index (χ2v) is 9.67. The van der Waals surface area contributed by atoms with Crippen LogP contribution in [0, 0.1) is 17.7 Å². The Morgan fingerprint density at radius 2 is 1.74 bits per heavy atom. The van der Waals surface area contributed by atoms with Gasteiger partial charge in [0.2, 0.25) is 0 Å². The number of nitrogens with zero attached hydrogens (tertiary/aromatic N) is 1. The fourth-order valence-electron chi connectivity index (χ4n) is 6.25. The number of carbonyl (C=O) groups excluding carboxylic acids is 1. The monoisotopic (exact) mass is 457 g/mol. The number of benzene rings is 3. The molecule has 0 bridgehead atoms. The van der Waals surface area contributed by atoms with E-state index in [0.29, 0.717) is 19.1 Å². The molecule has 1 aliphatic carbocycles. The highest BCUT2D eigenvalue weighted by atomic mass is 19.1. The lowest BCUT2D eigenvalue weighted by molar-refractivity contribution is -0.194. The first-order valence-corrected chi connectivity index (χ1v) is 12.2. The zero-order chi connectivity index (χ0) is 23.1. The maximum absolute atomic E-state index is 14.3. The van der Waals surface area contributed by atoms with E-state index in [4.69, 9.17) is 9.47 Å². The standard InChI is InChI=1S/C29H28FNO3/c30-22-15-13-20(14-16-22)18-31-27-12-5-4-10-26(27)29(28(31)32)25-11-6-7-21(25)17-24(34-29)19-33-23-8-2-1-3-9-23/h1-5,8-10,12-16,21,24-25H,6-7,11,17-19H2. The first-order valence-electron chi connectivity index (χ1n) is 12.2. The lowest BCUT2D eigenvalue weighted by Crippen LogP contribution is -2.55. The zero-order valence-corrected chi connectivity index (χ0v) is 19.0. The molecule has 174 valence electrons. The van der Waals surface area contributed by atoms with Gasteiger partial charge in [0.15, 0.2) is 5.60 Å². The first kappa shape index (κ1) is 21.4. The van der Waals surface area contributed by atoms with Crippen LogP contribution in [-0.4, -0.2) is 18.6 Å². The number of amides is 1. The van der Waals surface area contributed by atoms with Crippen LogP contribution in [0.3, 0.4) is 0 Å². The largest absolute Gasteiger partial charge is 0.491 e. The maximum Gasteiger partial charge on any atom is 0.264 e. The third kappa shape index (κ3) is 3.50. The van der Waals surface area contributed by atoms with Crippen molar-refractivity contribution < 1.29 is 18.7 Å². The Labute approximate surface area is 199 Å². The van der Waals surface area contributed by atoms with Gasteiger partial charge in [-0.2, -0.15) is 0 Å². The van der Waals surface area contributed by atoms with Gasteiger partial charge in [0.1, 0.15) is 18.2 Å². The van der Waals surface area contributed by atoms with Gasteiger partial charge in [-0.1, -0.05) is 55.0 Å². The van der Waals surface area contributed by atoms with E-state index in [-0.39, 0.29) is 23.7 Å². The molecular weight excluding hydrogens is 429 g/mol. The maximum atomic E-state index is 14.3. The molecule has 6 rings (SSSR count). The first-order chi connectivity index (χ1) is 16.6. The Balaban J connectivity index is 1.34. The van der Waals surface area contributed by atoms with E-state index in [1.807, 2.05) is 59.5 Å². The van der Waals surface area contributed by atoms with Crippen LogP contribution in [0.5, 0.6) is 5.75 Å². The Bertz CT molecular complexity index is 1180.